The summed E-state index contributed by atoms with van der Waals surface area (Å²) in [5.41, 5.74) is 2.13. The molecule has 0 unspecified atom stereocenters. The molecule has 0 atom stereocenters. The van der Waals surface area contributed by atoms with Crippen molar-refractivity contribution in [1.29, 1.82) is 0 Å². The molecule has 0 aliphatic carbocycles. The van der Waals surface area contributed by atoms with E-state index in [1.54, 1.807) is 12.3 Å². The summed E-state index contributed by atoms with van der Waals surface area (Å²) in [4.78, 5) is 6.63. The van der Waals surface area contributed by atoms with E-state index < -0.39 is 0 Å². The van der Waals surface area contributed by atoms with Crippen LogP contribution in [0, 0.1) is 0 Å². The van der Waals surface area contributed by atoms with Crippen molar-refractivity contribution in [2.24, 2.45) is 0 Å². The molecule has 2 aromatic rings. The van der Waals surface area contributed by atoms with E-state index in [1.165, 1.54) is 5.69 Å². The Labute approximate surface area is 131 Å². The first kappa shape index (κ1) is 15.8. The van der Waals surface area contributed by atoms with Gasteiger partial charge in [-0.3, -0.25) is 0 Å². The summed E-state index contributed by atoms with van der Waals surface area (Å²) in [6, 6.07) is 8.20. The van der Waals surface area contributed by atoms with Crippen molar-refractivity contribution in [3.05, 3.63) is 43.1 Å². The zero-order valence-corrected chi connectivity index (χ0v) is 13.1. The van der Waals surface area contributed by atoms with Crippen LogP contribution in [0.4, 0.5) is 23.1 Å². The molecule has 0 aliphatic rings. The van der Waals surface area contributed by atoms with Crippen LogP contribution >= 0.6 is 0 Å². The van der Waals surface area contributed by atoms with Gasteiger partial charge in [-0.2, -0.15) is 10.1 Å². The topological polar surface area (TPSA) is 66.0 Å². The van der Waals surface area contributed by atoms with E-state index in [0.717, 1.165) is 18.8 Å². The molecule has 116 valence electrons. The van der Waals surface area contributed by atoms with Crippen LogP contribution in [0.5, 0.6) is 0 Å². The number of nitrogens with zero attached hydrogens (tertiary/aromatic N) is 4. The maximum Gasteiger partial charge on any atom is 0.249 e. The molecule has 1 aromatic heterocycles. The zero-order chi connectivity index (χ0) is 15.8. The first-order valence-electron chi connectivity index (χ1n) is 7.43. The molecule has 2 N–H and O–H groups in total. The number of anilines is 4. The molecular weight excluding hydrogens is 276 g/mol. The van der Waals surface area contributed by atoms with Crippen LogP contribution in [0.3, 0.4) is 0 Å². The van der Waals surface area contributed by atoms with Crippen molar-refractivity contribution in [2.75, 3.05) is 35.2 Å². The van der Waals surface area contributed by atoms with Gasteiger partial charge in [0.15, 0.2) is 5.82 Å². The Morgan fingerprint density at radius 1 is 1.18 bits per heavy atom. The maximum absolute atomic E-state index is 4.34. The summed E-state index contributed by atoms with van der Waals surface area (Å²) in [7, 11) is 0. The van der Waals surface area contributed by atoms with Crippen LogP contribution in [0.2, 0.25) is 0 Å². The van der Waals surface area contributed by atoms with E-state index in [1.807, 2.05) is 12.1 Å². The number of rotatable bonds is 8. The highest BCUT2D eigenvalue weighted by Gasteiger charge is 2.03. The molecule has 22 heavy (non-hydrogen) atoms. The fourth-order valence-corrected chi connectivity index (χ4v) is 2.09. The van der Waals surface area contributed by atoms with E-state index in [0.29, 0.717) is 18.3 Å². The molecule has 1 heterocycles. The normalized spacial score (nSPS) is 10.1. The van der Waals surface area contributed by atoms with Crippen molar-refractivity contribution in [3.8, 4) is 0 Å². The Kier molecular flexibility index (Phi) is 5.71. The third-order valence-corrected chi connectivity index (χ3v) is 3.24. The highest BCUT2D eigenvalue weighted by Crippen LogP contribution is 2.19. The highest BCUT2D eigenvalue weighted by atomic mass is 15.3. The monoisotopic (exact) mass is 298 g/mol. The minimum Gasteiger partial charge on any atom is -0.372 e. The molecule has 6 heteroatoms. The first-order chi connectivity index (χ1) is 10.8. The Hall–Kier alpha value is -2.63. The van der Waals surface area contributed by atoms with Crippen molar-refractivity contribution in [1.82, 2.24) is 15.2 Å². The number of hydrogen-bond acceptors (Lipinski definition) is 6. The lowest BCUT2D eigenvalue weighted by Gasteiger charge is -2.21. The third-order valence-electron chi connectivity index (χ3n) is 3.24. The van der Waals surface area contributed by atoms with Crippen LogP contribution in [0.25, 0.3) is 0 Å². The lowest BCUT2D eigenvalue weighted by molar-refractivity contribution is 0.866. The molecule has 0 saturated heterocycles. The molecule has 6 nitrogen and oxygen atoms in total. The Balaban J connectivity index is 2.05. The quantitative estimate of drug-likeness (QED) is 0.730. The van der Waals surface area contributed by atoms with Gasteiger partial charge in [0.2, 0.25) is 5.95 Å². The van der Waals surface area contributed by atoms with Crippen LogP contribution in [0.1, 0.15) is 13.8 Å². The van der Waals surface area contributed by atoms with Crippen LogP contribution < -0.4 is 15.5 Å². The van der Waals surface area contributed by atoms with E-state index in [9.17, 15) is 0 Å². The fraction of sp³-hybridized carbons (Fsp3) is 0.312. The Morgan fingerprint density at radius 2 is 1.91 bits per heavy atom. The minimum atomic E-state index is 0.463. The summed E-state index contributed by atoms with van der Waals surface area (Å²) in [6.07, 6.45) is 3.35. The van der Waals surface area contributed by atoms with Crippen molar-refractivity contribution in [2.45, 2.75) is 13.8 Å². The molecule has 1 aromatic carbocycles. The standard InChI is InChI=1S/C16H22N6/c1-4-11-17-15-12-18-21-16(20-15)19-13-7-9-14(10-8-13)22(5-2)6-3/h4,7-10,12H,1,5-6,11H2,2-3H3,(H2,17,19,20,21). The van der Waals surface area contributed by atoms with Crippen molar-refractivity contribution >= 4 is 23.1 Å². The summed E-state index contributed by atoms with van der Waals surface area (Å²) in [6.45, 7) is 10.6. The van der Waals surface area contributed by atoms with Crippen LogP contribution in [-0.2, 0) is 0 Å². The molecule has 0 bridgehead atoms. The summed E-state index contributed by atoms with van der Waals surface area (Å²) in [5, 5.41) is 14.1. The van der Waals surface area contributed by atoms with Crippen LogP contribution in [-0.4, -0.2) is 34.8 Å². The molecule has 0 fully saturated rings. The van der Waals surface area contributed by atoms with E-state index in [4.69, 9.17) is 0 Å². The Morgan fingerprint density at radius 3 is 2.55 bits per heavy atom. The molecule has 0 spiro atoms. The van der Waals surface area contributed by atoms with Gasteiger partial charge in [-0.15, -0.1) is 11.7 Å². The third kappa shape index (κ3) is 4.18. The molecule has 0 radical (unpaired) electrons. The van der Waals surface area contributed by atoms with Crippen molar-refractivity contribution in [3.63, 3.8) is 0 Å². The van der Waals surface area contributed by atoms with Gasteiger partial charge in [-0.25, -0.2) is 0 Å². The van der Waals surface area contributed by atoms with Gasteiger partial charge in [0.05, 0.1) is 6.20 Å². The lowest BCUT2D eigenvalue weighted by atomic mass is 10.2. The highest BCUT2D eigenvalue weighted by molar-refractivity contribution is 5.59. The number of benzene rings is 1. The molecule has 0 aliphatic heterocycles. The minimum absolute atomic E-state index is 0.463. The summed E-state index contributed by atoms with van der Waals surface area (Å²) >= 11 is 0. The zero-order valence-electron chi connectivity index (χ0n) is 13.1. The van der Waals surface area contributed by atoms with Crippen LogP contribution in [0.15, 0.2) is 43.1 Å². The Bertz CT molecular complexity index is 592. The lowest BCUT2D eigenvalue weighted by Crippen LogP contribution is -2.21. The molecule has 2 rings (SSSR count). The fourth-order valence-electron chi connectivity index (χ4n) is 2.09. The second-order valence-corrected chi connectivity index (χ2v) is 4.68. The molecule has 0 saturated carbocycles. The summed E-state index contributed by atoms with van der Waals surface area (Å²) in [5.74, 6) is 1.13. The second-order valence-electron chi connectivity index (χ2n) is 4.68. The van der Waals surface area contributed by atoms with Gasteiger partial charge in [0.25, 0.3) is 0 Å². The van der Waals surface area contributed by atoms with E-state index in [-0.39, 0.29) is 0 Å². The molecule has 0 amide bonds. The number of aromatic nitrogens is 3. The summed E-state index contributed by atoms with van der Waals surface area (Å²) < 4.78 is 0. The smallest absolute Gasteiger partial charge is 0.249 e. The van der Waals surface area contributed by atoms with Gasteiger partial charge in [0, 0.05) is 31.0 Å². The number of nitrogens with one attached hydrogen (secondary N) is 2. The predicted molar refractivity (Wildman–Crippen MR) is 91.8 cm³/mol. The number of hydrogen-bond donors (Lipinski definition) is 2. The average molecular weight is 298 g/mol. The van der Waals surface area contributed by atoms with E-state index >= 15 is 0 Å². The van der Waals surface area contributed by atoms with Gasteiger partial charge < -0.3 is 15.5 Å². The maximum atomic E-state index is 4.34. The molecular formula is C16H22N6. The van der Waals surface area contributed by atoms with E-state index in [2.05, 4.69) is 63.3 Å². The first-order valence-corrected chi connectivity index (χ1v) is 7.43. The van der Waals surface area contributed by atoms with Gasteiger partial charge in [-0.1, -0.05) is 6.08 Å². The predicted octanol–water partition coefficient (Wildman–Crippen LogP) is 3.06. The second kappa shape index (κ2) is 7.97. The van der Waals surface area contributed by atoms with Gasteiger partial charge in [-0.05, 0) is 38.1 Å². The largest absolute Gasteiger partial charge is 0.372 e. The van der Waals surface area contributed by atoms with Gasteiger partial charge >= 0.3 is 0 Å². The van der Waals surface area contributed by atoms with Crippen molar-refractivity contribution < 1.29 is 0 Å². The average Bonchev–Trinajstić information content (AvgIpc) is 2.56. The SMILES string of the molecule is C=CCNc1cnnc(Nc2ccc(N(CC)CC)cc2)n1. The van der Waals surface area contributed by atoms with Gasteiger partial charge in [0.1, 0.15) is 0 Å².